The normalized spacial score (nSPS) is 16.5. The molecule has 0 aliphatic carbocycles. The molecule has 0 N–H and O–H groups in total. The van der Waals surface area contributed by atoms with E-state index >= 15 is 0 Å². The quantitative estimate of drug-likeness (QED) is 0.596. The Morgan fingerprint density at radius 2 is 1.36 bits per heavy atom. The minimum absolute atomic E-state index is 0.219. The highest BCUT2D eigenvalue weighted by atomic mass is 32.1. The summed E-state index contributed by atoms with van der Waals surface area (Å²) in [5.74, 6) is 1.23. The third-order valence-electron chi connectivity index (χ3n) is 4.39. The number of ether oxygens (including phenoxy) is 2. The molecule has 1 atom stereocenters. The standard InChI is InChI=1S/C22H18N2O3S/c1-26-21-20(25)23(16-8-4-2-5-9-16)22(28)24(21)17-12-14-19(15-13-17)27-18-10-6-3-7-11-18/h2-15,21H,1H3. The number of anilines is 2. The summed E-state index contributed by atoms with van der Waals surface area (Å²) in [5.41, 5.74) is 1.47. The van der Waals surface area contributed by atoms with Gasteiger partial charge in [0, 0.05) is 12.8 Å². The second-order valence-electron chi connectivity index (χ2n) is 6.16. The molecule has 6 heteroatoms. The van der Waals surface area contributed by atoms with Gasteiger partial charge in [-0.25, -0.2) is 0 Å². The van der Waals surface area contributed by atoms with Gasteiger partial charge in [0.2, 0.25) is 6.23 Å². The summed E-state index contributed by atoms with van der Waals surface area (Å²) < 4.78 is 11.3. The van der Waals surface area contributed by atoms with Gasteiger partial charge in [-0.3, -0.25) is 14.6 Å². The van der Waals surface area contributed by atoms with Gasteiger partial charge in [0.25, 0.3) is 5.91 Å². The second kappa shape index (κ2) is 7.80. The van der Waals surface area contributed by atoms with Crippen LogP contribution in [0.1, 0.15) is 0 Å². The van der Waals surface area contributed by atoms with E-state index in [9.17, 15) is 4.79 Å². The van der Waals surface area contributed by atoms with E-state index < -0.39 is 6.23 Å². The molecule has 4 rings (SSSR count). The predicted octanol–water partition coefficient (Wildman–Crippen LogP) is 4.59. The minimum Gasteiger partial charge on any atom is -0.457 e. The lowest BCUT2D eigenvalue weighted by atomic mass is 10.2. The molecule has 1 fully saturated rings. The summed E-state index contributed by atoms with van der Waals surface area (Å²) >= 11 is 5.60. The monoisotopic (exact) mass is 390 g/mol. The second-order valence-corrected chi connectivity index (χ2v) is 6.52. The number of amides is 1. The summed E-state index contributed by atoms with van der Waals surface area (Å²) in [6.45, 7) is 0. The van der Waals surface area contributed by atoms with E-state index in [0.29, 0.717) is 16.5 Å². The third-order valence-corrected chi connectivity index (χ3v) is 4.77. The first-order chi connectivity index (χ1) is 13.7. The summed E-state index contributed by atoms with van der Waals surface area (Å²) in [5, 5.41) is 0.375. The van der Waals surface area contributed by atoms with E-state index in [2.05, 4.69) is 0 Å². The molecule has 140 valence electrons. The molecule has 1 aliphatic heterocycles. The van der Waals surface area contributed by atoms with Crippen molar-refractivity contribution in [2.24, 2.45) is 0 Å². The van der Waals surface area contributed by atoms with Crippen molar-refractivity contribution in [1.29, 1.82) is 0 Å². The number of hydrogen-bond donors (Lipinski definition) is 0. The largest absolute Gasteiger partial charge is 0.457 e. The highest BCUT2D eigenvalue weighted by Crippen LogP contribution is 2.32. The number of rotatable bonds is 5. The fourth-order valence-electron chi connectivity index (χ4n) is 3.09. The molecule has 0 radical (unpaired) electrons. The number of para-hydroxylation sites is 2. The van der Waals surface area contributed by atoms with Crippen molar-refractivity contribution in [1.82, 2.24) is 0 Å². The molecule has 1 amide bonds. The first-order valence-corrected chi connectivity index (χ1v) is 9.18. The van der Waals surface area contributed by atoms with Crippen molar-refractivity contribution < 1.29 is 14.3 Å². The van der Waals surface area contributed by atoms with E-state index in [1.807, 2.05) is 84.9 Å². The SMILES string of the molecule is COC1C(=O)N(c2ccccc2)C(=S)N1c1ccc(Oc2ccccc2)cc1. The molecule has 0 bridgehead atoms. The Labute approximate surface area is 168 Å². The fourth-order valence-corrected chi connectivity index (χ4v) is 3.49. The van der Waals surface area contributed by atoms with Crippen LogP contribution in [0.2, 0.25) is 0 Å². The van der Waals surface area contributed by atoms with Crippen molar-refractivity contribution in [2.45, 2.75) is 6.23 Å². The van der Waals surface area contributed by atoms with E-state index in [0.717, 1.165) is 11.4 Å². The zero-order valence-corrected chi connectivity index (χ0v) is 16.0. The number of hydrogen-bond acceptors (Lipinski definition) is 4. The van der Waals surface area contributed by atoms with Crippen molar-refractivity contribution in [2.75, 3.05) is 16.9 Å². The summed E-state index contributed by atoms with van der Waals surface area (Å²) in [7, 11) is 1.50. The molecule has 5 nitrogen and oxygen atoms in total. The Morgan fingerprint density at radius 3 is 1.96 bits per heavy atom. The first kappa shape index (κ1) is 18.2. The number of thiocarbonyl (C=S) groups is 1. The maximum absolute atomic E-state index is 12.9. The number of benzene rings is 3. The Balaban J connectivity index is 1.60. The average Bonchev–Trinajstić information content (AvgIpc) is 2.99. The van der Waals surface area contributed by atoms with Crippen molar-refractivity contribution in [3.8, 4) is 11.5 Å². The molecule has 1 saturated heterocycles. The lowest BCUT2D eigenvalue weighted by Gasteiger charge is -2.23. The Morgan fingerprint density at radius 1 is 0.786 bits per heavy atom. The van der Waals surface area contributed by atoms with Crippen LogP contribution in [-0.2, 0) is 9.53 Å². The topological polar surface area (TPSA) is 42.0 Å². The third kappa shape index (κ3) is 3.35. The van der Waals surface area contributed by atoms with Gasteiger partial charge in [-0.2, -0.15) is 0 Å². The minimum atomic E-state index is -0.811. The van der Waals surface area contributed by atoms with E-state index in [1.165, 1.54) is 12.0 Å². The number of methoxy groups -OCH3 is 1. The average molecular weight is 390 g/mol. The van der Waals surface area contributed by atoms with E-state index in [-0.39, 0.29) is 5.91 Å². The van der Waals surface area contributed by atoms with Crippen LogP contribution >= 0.6 is 12.2 Å². The maximum Gasteiger partial charge on any atom is 0.283 e. The lowest BCUT2D eigenvalue weighted by molar-refractivity contribution is -0.125. The van der Waals surface area contributed by atoms with Gasteiger partial charge in [0.1, 0.15) is 11.5 Å². The van der Waals surface area contributed by atoms with Gasteiger partial charge < -0.3 is 9.47 Å². The smallest absolute Gasteiger partial charge is 0.283 e. The molecule has 3 aromatic rings. The lowest BCUT2D eigenvalue weighted by Crippen LogP contribution is -2.36. The predicted molar refractivity (Wildman–Crippen MR) is 113 cm³/mol. The van der Waals surface area contributed by atoms with Crippen LogP contribution in [0.3, 0.4) is 0 Å². The zero-order chi connectivity index (χ0) is 19.5. The summed E-state index contributed by atoms with van der Waals surface area (Å²) in [6.07, 6.45) is -0.811. The van der Waals surface area contributed by atoms with Gasteiger partial charge in [-0.1, -0.05) is 36.4 Å². The Kier molecular flexibility index (Phi) is 5.06. The number of nitrogens with zero attached hydrogens (tertiary/aromatic N) is 2. The molecule has 1 aliphatic rings. The van der Waals surface area contributed by atoms with Crippen LogP contribution in [0.25, 0.3) is 0 Å². The summed E-state index contributed by atoms with van der Waals surface area (Å²) in [4.78, 5) is 16.1. The highest BCUT2D eigenvalue weighted by Gasteiger charge is 2.44. The zero-order valence-electron chi connectivity index (χ0n) is 15.2. The number of carbonyl (C=O) groups excluding carboxylic acids is 1. The molecule has 0 aromatic heterocycles. The molecule has 1 heterocycles. The Bertz CT molecular complexity index is 978. The van der Waals surface area contributed by atoms with Gasteiger partial charge in [0.05, 0.1) is 5.69 Å². The van der Waals surface area contributed by atoms with Crippen molar-refractivity contribution in [3.63, 3.8) is 0 Å². The van der Waals surface area contributed by atoms with Crippen LogP contribution in [0.15, 0.2) is 84.9 Å². The molecule has 1 unspecified atom stereocenters. The maximum atomic E-state index is 12.9. The molecule has 28 heavy (non-hydrogen) atoms. The first-order valence-electron chi connectivity index (χ1n) is 8.77. The fraction of sp³-hybridized carbons (Fsp3) is 0.0909. The van der Waals surface area contributed by atoms with Crippen LogP contribution in [0.4, 0.5) is 11.4 Å². The summed E-state index contributed by atoms with van der Waals surface area (Å²) in [6, 6.07) is 26.3. The van der Waals surface area contributed by atoms with Crippen LogP contribution in [-0.4, -0.2) is 24.4 Å². The number of carbonyl (C=O) groups is 1. The molecule has 0 spiro atoms. The van der Waals surface area contributed by atoms with Crippen molar-refractivity contribution in [3.05, 3.63) is 84.9 Å². The van der Waals surface area contributed by atoms with Gasteiger partial charge in [-0.15, -0.1) is 0 Å². The van der Waals surface area contributed by atoms with Crippen LogP contribution in [0.5, 0.6) is 11.5 Å². The van der Waals surface area contributed by atoms with Crippen molar-refractivity contribution >= 4 is 34.6 Å². The van der Waals surface area contributed by atoms with Gasteiger partial charge in [0.15, 0.2) is 5.11 Å². The van der Waals surface area contributed by atoms with Crippen LogP contribution in [0, 0.1) is 0 Å². The molecular formula is C22H18N2O3S. The van der Waals surface area contributed by atoms with E-state index in [1.54, 1.807) is 4.90 Å². The highest BCUT2D eigenvalue weighted by molar-refractivity contribution is 7.81. The van der Waals surface area contributed by atoms with Crippen LogP contribution < -0.4 is 14.5 Å². The molecule has 0 saturated carbocycles. The molecule has 3 aromatic carbocycles. The molecular weight excluding hydrogens is 372 g/mol. The van der Waals surface area contributed by atoms with E-state index in [4.69, 9.17) is 21.7 Å². The van der Waals surface area contributed by atoms with Gasteiger partial charge >= 0.3 is 0 Å². The Hall–Kier alpha value is -3.22. The van der Waals surface area contributed by atoms with Gasteiger partial charge in [-0.05, 0) is 60.7 Å².